The zero-order valence-corrected chi connectivity index (χ0v) is 11.8. The Morgan fingerprint density at radius 2 is 1.95 bits per heavy atom. The molecule has 2 N–H and O–H groups in total. The monoisotopic (exact) mass is 282 g/mol. The summed E-state index contributed by atoms with van der Waals surface area (Å²) in [7, 11) is 0. The molecule has 0 unspecified atom stereocenters. The molecule has 0 aliphatic carbocycles. The van der Waals surface area contributed by atoms with Crippen LogP contribution in [0.1, 0.15) is 12.8 Å². The number of carbonyl (C=O) groups excluding carboxylic acids is 1. The van der Waals surface area contributed by atoms with Crippen LogP contribution in [0.15, 0.2) is 35.3 Å². The summed E-state index contributed by atoms with van der Waals surface area (Å²) in [4.78, 5) is 19.8. The Morgan fingerprint density at radius 1 is 1.29 bits per heavy atom. The van der Waals surface area contributed by atoms with E-state index in [1.165, 1.54) is 5.69 Å². The van der Waals surface area contributed by atoms with Crippen LogP contribution in [0.25, 0.3) is 0 Å². The average molecular weight is 282 g/mol. The van der Waals surface area contributed by atoms with E-state index in [4.69, 9.17) is 12.2 Å². The second kappa shape index (κ2) is 5.13. The minimum absolute atomic E-state index is 0.258. The van der Waals surface area contributed by atoms with E-state index in [0.29, 0.717) is 5.84 Å². The lowest BCUT2D eigenvalue weighted by Crippen LogP contribution is -2.59. The lowest BCUT2D eigenvalue weighted by atomic mass is 9.85. The summed E-state index contributed by atoms with van der Waals surface area (Å²) in [5, 5.41) is 0. The SMILES string of the molecule is C#CCN1C(=O)N=C(N)C12CCN(c1ccccc1)CC2. The predicted octanol–water partition coefficient (Wildman–Crippen LogP) is 1.45. The number of urea groups is 1. The predicted molar refractivity (Wildman–Crippen MR) is 83.2 cm³/mol. The van der Waals surface area contributed by atoms with Crippen LogP contribution < -0.4 is 10.6 Å². The Kier molecular flexibility index (Phi) is 3.30. The summed E-state index contributed by atoms with van der Waals surface area (Å²) in [5.41, 5.74) is 6.74. The molecule has 1 spiro atoms. The number of rotatable bonds is 2. The lowest BCUT2D eigenvalue weighted by Gasteiger charge is -2.44. The molecule has 1 aromatic rings. The third-order valence-electron chi connectivity index (χ3n) is 4.40. The topological polar surface area (TPSA) is 61.9 Å². The largest absolute Gasteiger partial charge is 0.385 e. The summed E-state index contributed by atoms with van der Waals surface area (Å²) >= 11 is 0. The van der Waals surface area contributed by atoms with Gasteiger partial charge >= 0.3 is 6.03 Å². The fraction of sp³-hybridized carbons (Fsp3) is 0.375. The highest BCUT2D eigenvalue weighted by Crippen LogP contribution is 2.35. The Morgan fingerprint density at radius 3 is 2.57 bits per heavy atom. The van der Waals surface area contributed by atoms with Gasteiger partial charge in [-0.15, -0.1) is 6.42 Å². The van der Waals surface area contributed by atoms with E-state index in [2.05, 4.69) is 27.9 Å². The Balaban J connectivity index is 1.79. The second-order valence-corrected chi connectivity index (χ2v) is 5.42. The molecule has 108 valence electrons. The normalized spacial score (nSPS) is 20.5. The van der Waals surface area contributed by atoms with Crippen molar-refractivity contribution in [2.45, 2.75) is 18.4 Å². The molecule has 2 amide bonds. The minimum atomic E-state index is -0.491. The molecule has 2 aliphatic heterocycles. The average Bonchev–Trinajstić information content (AvgIpc) is 2.74. The second-order valence-electron chi connectivity index (χ2n) is 5.42. The van der Waals surface area contributed by atoms with E-state index in [9.17, 15) is 4.79 Å². The van der Waals surface area contributed by atoms with Gasteiger partial charge in [-0.3, -0.25) is 4.90 Å². The van der Waals surface area contributed by atoms with E-state index < -0.39 is 5.54 Å². The van der Waals surface area contributed by atoms with Crippen LogP contribution in [0.4, 0.5) is 10.5 Å². The highest BCUT2D eigenvalue weighted by Gasteiger charge is 2.49. The van der Waals surface area contributed by atoms with Gasteiger partial charge in [0.05, 0.1) is 6.54 Å². The number of benzene rings is 1. The van der Waals surface area contributed by atoms with Gasteiger partial charge in [-0.05, 0) is 25.0 Å². The molecular formula is C16H18N4O. The fourth-order valence-electron chi connectivity index (χ4n) is 3.20. The van der Waals surface area contributed by atoms with Gasteiger partial charge in [0.25, 0.3) is 0 Å². The molecule has 5 heteroatoms. The molecule has 5 nitrogen and oxygen atoms in total. The first kappa shape index (κ1) is 13.5. The summed E-state index contributed by atoms with van der Waals surface area (Å²) < 4.78 is 0. The molecule has 0 radical (unpaired) electrons. The number of carbonyl (C=O) groups is 1. The van der Waals surface area contributed by atoms with Gasteiger partial charge in [-0.1, -0.05) is 24.1 Å². The molecule has 1 aromatic carbocycles. The van der Waals surface area contributed by atoms with Gasteiger partial charge in [0, 0.05) is 18.8 Å². The maximum atomic E-state index is 11.9. The number of piperidine rings is 1. The summed E-state index contributed by atoms with van der Waals surface area (Å²) in [6.45, 7) is 1.91. The van der Waals surface area contributed by atoms with Crippen molar-refractivity contribution in [3.63, 3.8) is 0 Å². The van der Waals surface area contributed by atoms with Gasteiger partial charge in [0.1, 0.15) is 11.4 Å². The number of terminal acetylenes is 1. The van der Waals surface area contributed by atoms with Crippen LogP contribution in [-0.2, 0) is 0 Å². The van der Waals surface area contributed by atoms with Gasteiger partial charge in [0.15, 0.2) is 0 Å². The van der Waals surface area contributed by atoms with E-state index in [-0.39, 0.29) is 12.6 Å². The third-order valence-corrected chi connectivity index (χ3v) is 4.40. The fourth-order valence-corrected chi connectivity index (χ4v) is 3.20. The number of hydrogen-bond acceptors (Lipinski definition) is 3. The van der Waals surface area contributed by atoms with E-state index in [1.54, 1.807) is 4.90 Å². The number of anilines is 1. The lowest BCUT2D eigenvalue weighted by molar-refractivity contribution is 0.164. The van der Waals surface area contributed by atoms with E-state index in [1.807, 2.05) is 18.2 Å². The van der Waals surface area contributed by atoms with Crippen LogP contribution in [0.5, 0.6) is 0 Å². The number of nitrogens with two attached hydrogens (primary N) is 1. The van der Waals surface area contributed by atoms with Crippen molar-refractivity contribution in [2.24, 2.45) is 10.7 Å². The number of amides is 2. The Hall–Kier alpha value is -2.48. The van der Waals surface area contributed by atoms with Crippen molar-refractivity contribution in [3.8, 4) is 12.3 Å². The van der Waals surface area contributed by atoms with Crippen LogP contribution in [0.2, 0.25) is 0 Å². The molecule has 2 heterocycles. The number of para-hydroxylation sites is 1. The van der Waals surface area contributed by atoms with Gasteiger partial charge in [-0.2, -0.15) is 4.99 Å². The van der Waals surface area contributed by atoms with Crippen molar-refractivity contribution >= 4 is 17.6 Å². The number of amidine groups is 1. The highest BCUT2D eigenvalue weighted by molar-refractivity contribution is 6.06. The molecule has 21 heavy (non-hydrogen) atoms. The summed E-state index contributed by atoms with van der Waals surface area (Å²) in [6, 6.07) is 9.93. The van der Waals surface area contributed by atoms with Crippen molar-refractivity contribution in [1.82, 2.24) is 4.90 Å². The molecule has 1 saturated heterocycles. The molecule has 1 fully saturated rings. The van der Waals surface area contributed by atoms with Crippen molar-refractivity contribution in [3.05, 3.63) is 30.3 Å². The molecule has 0 aromatic heterocycles. The standard InChI is InChI=1S/C16H18N4O/c1-2-10-20-15(21)18-14(17)16(20)8-11-19(12-9-16)13-6-4-3-5-7-13/h1,3-7H,8-12H2,(H2,17,18,21). The first-order valence-electron chi connectivity index (χ1n) is 7.07. The molecule has 2 aliphatic rings. The molecule has 0 bridgehead atoms. The van der Waals surface area contributed by atoms with E-state index >= 15 is 0 Å². The minimum Gasteiger partial charge on any atom is -0.385 e. The highest BCUT2D eigenvalue weighted by atomic mass is 16.2. The van der Waals surface area contributed by atoms with Crippen molar-refractivity contribution in [1.29, 1.82) is 0 Å². The van der Waals surface area contributed by atoms with Crippen molar-refractivity contribution in [2.75, 3.05) is 24.5 Å². The Bertz CT molecular complexity index is 609. The summed E-state index contributed by atoms with van der Waals surface area (Å²) in [5.74, 6) is 2.95. The third kappa shape index (κ3) is 2.13. The van der Waals surface area contributed by atoms with Gasteiger partial charge in [0.2, 0.25) is 0 Å². The first-order chi connectivity index (χ1) is 10.2. The summed E-state index contributed by atoms with van der Waals surface area (Å²) in [6.07, 6.45) is 6.89. The number of hydrogen-bond donors (Lipinski definition) is 1. The number of aliphatic imine (C=N–C) groups is 1. The zero-order valence-electron chi connectivity index (χ0n) is 11.8. The maximum absolute atomic E-state index is 11.9. The smallest absolute Gasteiger partial charge is 0.346 e. The van der Waals surface area contributed by atoms with E-state index in [0.717, 1.165) is 25.9 Å². The maximum Gasteiger partial charge on any atom is 0.346 e. The van der Waals surface area contributed by atoms with Crippen LogP contribution in [0, 0.1) is 12.3 Å². The molecule has 0 saturated carbocycles. The van der Waals surface area contributed by atoms with Crippen LogP contribution >= 0.6 is 0 Å². The molecule has 0 atom stereocenters. The van der Waals surface area contributed by atoms with Crippen LogP contribution in [0.3, 0.4) is 0 Å². The van der Waals surface area contributed by atoms with Crippen LogP contribution in [-0.4, -0.2) is 41.9 Å². The molecular weight excluding hydrogens is 264 g/mol. The zero-order chi connectivity index (χ0) is 14.9. The molecule has 3 rings (SSSR count). The number of nitrogens with zero attached hydrogens (tertiary/aromatic N) is 3. The Labute approximate surface area is 124 Å². The van der Waals surface area contributed by atoms with Gasteiger partial charge in [-0.25, -0.2) is 4.79 Å². The quantitative estimate of drug-likeness (QED) is 0.835. The van der Waals surface area contributed by atoms with Crippen molar-refractivity contribution < 1.29 is 4.79 Å². The first-order valence-corrected chi connectivity index (χ1v) is 7.07. The van der Waals surface area contributed by atoms with Gasteiger partial charge < -0.3 is 10.6 Å².